The summed E-state index contributed by atoms with van der Waals surface area (Å²) in [7, 11) is 0. The number of hydrogen-bond acceptors (Lipinski definition) is 3. The molecule has 1 N–H and O–H groups in total. The Balaban J connectivity index is 2.87. The Morgan fingerprint density at radius 2 is 2.38 bits per heavy atom. The van der Waals surface area contributed by atoms with E-state index in [1.54, 1.807) is 20.0 Å². The van der Waals surface area contributed by atoms with Crippen LogP contribution in [-0.2, 0) is 0 Å². The lowest BCUT2D eigenvalue weighted by Gasteiger charge is -2.10. The van der Waals surface area contributed by atoms with Gasteiger partial charge in [0, 0.05) is 5.57 Å². The summed E-state index contributed by atoms with van der Waals surface area (Å²) in [6, 6.07) is 0. The van der Waals surface area contributed by atoms with Crippen molar-refractivity contribution >= 4 is 0 Å². The molecule has 0 aromatic heterocycles. The lowest BCUT2D eigenvalue weighted by atomic mass is 10.1. The zero-order chi connectivity index (χ0) is 6.20. The lowest BCUT2D eigenvalue weighted by Crippen LogP contribution is -2.18. The Labute approximate surface area is 47.7 Å². The summed E-state index contributed by atoms with van der Waals surface area (Å²) in [5, 5.41) is 16.2. The van der Waals surface area contributed by atoms with Crippen LogP contribution in [0.25, 0.3) is 0 Å². The molecule has 1 rings (SSSR count). The highest BCUT2D eigenvalue weighted by Gasteiger charge is 2.24. The molecule has 3 nitrogen and oxygen atoms in total. The summed E-state index contributed by atoms with van der Waals surface area (Å²) in [6.45, 7) is 3.40. The van der Waals surface area contributed by atoms with Gasteiger partial charge in [-0.05, 0) is 13.8 Å². The Morgan fingerprint density at radius 3 is 2.50 bits per heavy atom. The third-order valence-electron chi connectivity index (χ3n) is 1.25. The first kappa shape index (κ1) is 5.44. The molecule has 1 atom stereocenters. The first-order chi connectivity index (χ1) is 3.63. The minimum Gasteiger partial charge on any atom is -0.365 e. The predicted octanol–water partition coefficient (Wildman–Crippen LogP) is 1.06. The maximum Gasteiger partial charge on any atom is 0.197 e. The molecule has 0 fully saturated rings. The quantitative estimate of drug-likeness (QED) is 0.500. The average molecular weight is 112 g/mol. The smallest absolute Gasteiger partial charge is 0.197 e. The summed E-state index contributed by atoms with van der Waals surface area (Å²) in [4.78, 5) is 0. The zero-order valence-corrected chi connectivity index (χ0v) is 4.92. The molecule has 0 amide bonds. The lowest BCUT2D eigenvalue weighted by molar-refractivity contribution is 0.108. The van der Waals surface area contributed by atoms with Crippen molar-refractivity contribution in [1.82, 2.24) is 0 Å². The van der Waals surface area contributed by atoms with Crippen molar-refractivity contribution in [2.24, 2.45) is 10.2 Å². The van der Waals surface area contributed by atoms with Crippen molar-refractivity contribution in [3.8, 4) is 0 Å². The van der Waals surface area contributed by atoms with Gasteiger partial charge >= 0.3 is 0 Å². The third-order valence-corrected chi connectivity index (χ3v) is 1.25. The fraction of sp³-hybridized carbons (Fsp3) is 0.600. The number of aliphatic hydroxyl groups is 1. The van der Waals surface area contributed by atoms with Crippen LogP contribution in [0.1, 0.15) is 13.8 Å². The molecule has 1 heterocycles. The largest absolute Gasteiger partial charge is 0.365 e. The molecule has 0 saturated heterocycles. The molecule has 1 aliphatic rings. The number of hydrogen-bond donors (Lipinski definition) is 1. The molecule has 0 aromatic rings. The van der Waals surface area contributed by atoms with Crippen molar-refractivity contribution in [2.45, 2.75) is 19.6 Å². The molecular weight excluding hydrogens is 104 g/mol. The molecule has 1 aliphatic heterocycles. The highest BCUT2D eigenvalue weighted by Crippen LogP contribution is 2.22. The van der Waals surface area contributed by atoms with Gasteiger partial charge in [0.15, 0.2) is 5.72 Å². The fourth-order valence-corrected chi connectivity index (χ4v) is 0.429. The average Bonchev–Trinajstić information content (AvgIpc) is 1.86. The molecular formula is C5H8N2O. The van der Waals surface area contributed by atoms with Gasteiger partial charge in [-0.2, -0.15) is 5.11 Å². The van der Waals surface area contributed by atoms with E-state index in [1.807, 2.05) is 0 Å². The molecule has 8 heavy (non-hydrogen) atoms. The monoisotopic (exact) mass is 112 g/mol. The van der Waals surface area contributed by atoms with Crippen molar-refractivity contribution in [1.29, 1.82) is 0 Å². The Bertz CT molecular complexity index is 158. The molecule has 3 heteroatoms. The molecule has 0 saturated carbocycles. The SMILES string of the molecule is CC1=CN=NC1(C)O. The third kappa shape index (κ3) is 0.648. The van der Waals surface area contributed by atoms with Crippen LogP contribution >= 0.6 is 0 Å². The Kier molecular flexibility index (Phi) is 0.942. The molecule has 0 spiro atoms. The maximum absolute atomic E-state index is 9.13. The molecule has 0 radical (unpaired) electrons. The minimum atomic E-state index is -1.03. The number of azo groups is 1. The van der Waals surface area contributed by atoms with Crippen molar-refractivity contribution < 1.29 is 5.11 Å². The van der Waals surface area contributed by atoms with Gasteiger partial charge < -0.3 is 5.11 Å². The predicted molar refractivity (Wildman–Crippen MR) is 29.2 cm³/mol. The normalized spacial score (nSPS) is 35.6. The van der Waals surface area contributed by atoms with Crippen molar-refractivity contribution in [3.05, 3.63) is 11.8 Å². The van der Waals surface area contributed by atoms with E-state index in [9.17, 15) is 0 Å². The maximum atomic E-state index is 9.13. The van der Waals surface area contributed by atoms with Crippen LogP contribution in [0.4, 0.5) is 0 Å². The van der Waals surface area contributed by atoms with Crippen molar-refractivity contribution in [2.75, 3.05) is 0 Å². The number of nitrogens with zero attached hydrogens (tertiary/aromatic N) is 2. The van der Waals surface area contributed by atoms with Gasteiger partial charge in [-0.15, -0.1) is 5.11 Å². The van der Waals surface area contributed by atoms with E-state index in [2.05, 4.69) is 10.2 Å². The van der Waals surface area contributed by atoms with Gasteiger partial charge in [0.1, 0.15) is 0 Å². The zero-order valence-electron chi connectivity index (χ0n) is 4.92. The molecule has 1 unspecified atom stereocenters. The first-order valence-electron chi connectivity index (χ1n) is 2.44. The summed E-state index contributed by atoms with van der Waals surface area (Å²) < 4.78 is 0. The highest BCUT2D eigenvalue weighted by molar-refractivity contribution is 5.13. The van der Waals surface area contributed by atoms with E-state index < -0.39 is 5.72 Å². The Hall–Kier alpha value is -0.700. The van der Waals surface area contributed by atoms with Crippen LogP contribution in [-0.4, -0.2) is 10.8 Å². The van der Waals surface area contributed by atoms with Crippen LogP contribution in [0.5, 0.6) is 0 Å². The number of rotatable bonds is 0. The van der Waals surface area contributed by atoms with Gasteiger partial charge in [0.05, 0.1) is 6.20 Å². The highest BCUT2D eigenvalue weighted by atomic mass is 16.3. The van der Waals surface area contributed by atoms with Crippen LogP contribution in [0.3, 0.4) is 0 Å². The fourth-order valence-electron chi connectivity index (χ4n) is 0.429. The summed E-state index contributed by atoms with van der Waals surface area (Å²) in [6.07, 6.45) is 1.56. The van der Waals surface area contributed by atoms with Crippen LogP contribution in [0.15, 0.2) is 22.0 Å². The van der Waals surface area contributed by atoms with E-state index in [0.717, 1.165) is 5.57 Å². The molecule has 0 aromatic carbocycles. The molecule has 44 valence electrons. The van der Waals surface area contributed by atoms with Crippen LogP contribution in [0, 0.1) is 0 Å². The Morgan fingerprint density at radius 1 is 1.75 bits per heavy atom. The summed E-state index contributed by atoms with van der Waals surface area (Å²) in [5.41, 5.74) is -0.238. The van der Waals surface area contributed by atoms with Gasteiger partial charge in [-0.1, -0.05) is 0 Å². The second-order valence-corrected chi connectivity index (χ2v) is 2.05. The van der Waals surface area contributed by atoms with Crippen LogP contribution < -0.4 is 0 Å². The van der Waals surface area contributed by atoms with Gasteiger partial charge in [0.25, 0.3) is 0 Å². The summed E-state index contributed by atoms with van der Waals surface area (Å²) >= 11 is 0. The van der Waals surface area contributed by atoms with Crippen LogP contribution in [0.2, 0.25) is 0 Å². The van der Waals surface area contributed by atoms with Gasteiger partial charge in [-0.25, -0.2) is 0 Å². The standard InChI is InChI=1S/C5H8N2O/c1-4-3-6-7-5(4,2)8/h3,8H,1-2H3. The van der Waals surface area contributed by atoms with E-state index in [0.29, 0.717) is 0 Å². The summed E-state index contributed by atoms with van der Waals surface area (Å²) in [5.74, 6) is 0. The van der Waals surface area contributed by atoms with E-state index in [4.69, 9.17) is 5.11 Å². The second kappa shape index (κ2) is 1.39. The van der Waals surface area contributed by atoms with Gasteiger partial charge in [0.2, 0.25) is 0 Å². The van der Waals surface area contributed by atoms with E-state index in [-0.39, 0.29) is 0 Å². The van der Waals surface area contributed by atoms with Crippen molar-refractivity contribution in [3.63, 3.8) is 0 Å². The molecule has 0 aliphatic carbocycles. The second-order valence-electron chi connectivity index (χ2n) is 2.05. The minimum absolute atomic E-state index is 0.789. The first-order valence-corrected chi connectivity index (χ1v) is 2.44. The topological polar surface area (TPSA) is 45.0 Å². The van der Waals surface area contributed by atoms with Gasteiger partial charge in [-0.3, -0.25) is 0 Å². The molecule has 0 bridgehead atoms. The van der Waals surface area contributed by atoms with E-state index >= 15 is 0 Å². The van der Waals surface area contributed by atoms with E-state index in [1.165, 1.54) is 0 Å².